The molecule has 3 atom stereocenters. The minimum absolute atomic E-state index is 0.109. The van der Waals surface area contributed by atoms with Crippen molar-refractivity contribution >= 4 is 27.6 Å². The molecule has 3 aliphatic heterocycles. The molecular formula is C15H19BrN4. The Bertz CT molecular complexity index is 573. The Labute approximate surface area is 127 Å². The second kappa shape index (κ2) is 4.46. The molecule has 4 nitrogen and oxygen atoms in total. The number of hydrogen-bond donors (Lipinski definition) is 1. The number of benzene rings is 1. The van der Waals surface area contributed by atoms with E-state index in [9.17, 15) is 0 Å². The van der Waals surface area contributed by atoms with Crippen molar-refractivity contribution in [3.8, 4) is 0 Å². The largest absolute Gasteiger partial charge is 0.369 e. The van der Waals surface area contributed by atoms with Crippen molar-refractivity contribution in [2.45, 2.75) is 18.4 Å². The van der Waals surface area contributed by atoms with Gasteiger partial charge in [-0.05, 0) is 43.5 Å². The predicted octanol–water partition coefficient (Wildman–Crippen LogP) is 2.05. The van der Waals surface area contributed by atoms with Crippen molar-refractivity contribution in [2.24, 2.45) is 16.6 Å². The topological polar surface area (TPSA) is 44.9 Å². The Hall–Kier alpha value is -1.07. The first-order valence-electron chi connectivity index (χ1n) is 7.27. The van der Waals surface area contributed by atoms with Gasteiger partial charge in [0.15, 0.2) is 5.96 Å². The monoisotopic (exact) mass is 334 g/mol. The lowest BCUT2D eigenvalue weighted by Gasteiger charge is -2.46. The summed E-state index contributed by atoms with van der Waals surface area (Å²) in [6, 6.07) is 8.42. The first kappa shape index (κ1) is 12.7. The van der Waals surface area contributed by atoms with E-state index in [2.05, 4.69) is 55.0 Å². The molecule has 106 valence electrons. The molecule has 1 aromatic rings. The lowest BCUT2D eigenvalue weighted by atomic mass is 9.77. The average molecular weight is 335 g/mol. The van der Waals surface area contributed by atoms with E-state index in [1.54, 1.807) is 0 Å². The molecule has 1 spiro atoms. The van der Waals surface area contributed by atoms with Crippen molar-refractivity contribution in [1.82, 2.24) is 4.90 Å². The molecule has 1 aromatic carbocycles. The maximum Gasteiger partial charge on any atom is 0.196 e. The third-order valence-electron chi connectivity index (χ3n) is 5.15. The fourth-order valence-corrected chi connectivity index (χ4v) is 4.51. The van der Waals surface area contributed by atoms with Crippen LogP contribution in [0.15, 0.2) is 33.7 Å². The summed E-state index contributed by atoms with van der Waals surface area (Å²) >= 11 is 3.57. The Balaban J connectivity index is 1.77. The second-order valence-electron chi connectivity index (χ2n) is 6.13. The van der Waals surface area contributed by atoms with Crippen LogP contribution in [0.4, 0.5) is 5.69 Å². The molecule has 2 N–H and O–H groups in total. The number of halogens is 1. The van der Waals surface area contributed by atoms with Gasteiger partial charge in [0.05, 0.1) is 12.1 Å². The SMILES string of the molecule is NC1=NCC2(CCN3CCC2C3)N1c1cccc(Br)c1. The number of fused-ring (bicyclic) bond motifs is 3. The number of rotatable bonds is 1. The number of anilines is 1. The molecule has 2 saturated heterocycles. The highest BCUT2D eigenvalue weighted by molar-refractivity contribution is 9.10. The molecule has 0 aliphatic carbocycles. The van der Waals surface area contributed by atoms with Gasteiger partial charge in [-0.1, -0.05) is 22.0 Å². The predicted molar refractivity (Wildman–Crippen MR) is 85.0 cm³/mol. The van der Waals surface area contributed by atoms with E-state index in [1.165, 1.54) is 31.7 Å². The van der Waals surface area contributed by atoms with Gasteiger partial charge in [0.1, 0.15) is 0 Å². The molecular weight excluding hydrogens is 316 g/mol. The Morgan fingerprint density at radius 1 is 1.35 bits per heavy atom. The van der Waals surface area contributed by atoms with Gasteiger partial charge >= 0.3 is 0 Å². The number of nitrogens with zero attached hydrogens (tertiary/aromatic N) is 3. The van der Waals surface area contributed by atoms with Gasteiger partial charge in [-0.25, -0.2) is 0 Å². The molecule has 5 heteroatoms. The molecule has 0 saturated carbocycles. The lowest BCUT2D eigenvalue weighted by molar-refractivity contribution is 0.182. The van der Waals surface area contributed by atoms with Crippen molar-refractivity contribution in [2.75, 3.05) is 31.1 Å². The molecule has 20 heavy (non-hydrogen) atoms. The number of piperidine rings is 1. The zero-order valence-corrected chi connectivity index (χ0v) is 13.0. The summed E-state index contributed by atoms with van der Waals surface area (Å²) in [5, 5.41) is 0. The molecule has 0 aromatic heterocycles. The molecule has 4 rings (SSSR count). The van der Waals surface area contributed by atoms with Gasteiger partial charge < -0.3 is 15.5 Å². The van der Waals surface area contributed by atoms with E-state index in [1.807, 2.05) is 0 Å². The molecule has 2 bridgehead atoms. The van der Waals surface area contributed by atoms with E-state index in [0.717, 1.165) is 17.4 Å². The fraction of sp³-hybridized carbons (Fsp3) is 0.533. The summed E-state index contributed by atoms with van der Waals surface area (Å²) in [7, 11) is 0. The molecule has 3 unspecified atom stereocenters. The van der Waals surface area contributed by atoms with Crippen molar-refractivity contribution in [3.05, 3.63) is 28.7 Å². The standard InChI is InChI=1S/C15H19BrN4/c16-12-2-1-3-13(8-12)20-14(17)18-10-15(20)5-7-19-6-4-11(15)9-19/h1-3,8,11H,4-7,9-10H2,(H2,17,18). The zero-order chi connectivity index (χ0) is 13.7. The van der Waals surface area contributed by atoms with E-state index < -0.39 is 0 Å². The number of guanidine groups is 1. The maximum absolute atomic E-state index is 6.24. The zero-order valence-electron chi connectivity index (χ0n) is 11.4. The van der Waals surface area contributed by atoms with Crippen LogP contribution < -0.4 is 10.6 Å². The molecule has 3 aliphatic rings. The Morgan fingerprint density at radius 3 is 3.10 bits per heavy atom. The van der Waals surface area contributed by atoms with Gasteiger partial charge in [0, 0.05) is 23.2 Å². The van der Waals surface area contributed by atoms with Crippen LogP contribution in [0, 0.1) is 5.92 Å². The van der Waals surface area contributed by atoms with E-state index in [4.69, 9.17) is 5.73 Å². The van der Waals surface area contributed by atoms with Crippen molar-refractivity contribution < 1.29 is 0 Å². The van der Waals surface area contributed by atoms with Crippen LogP contribution >= 0.6 is 15.9 Å². The summed E-state index contributed by atoms with van der Waals surface area (Å²) in [5.74, 6) is 1.36. The molecule has 0 radical (unpaired) electrons. The maximum atomic E-state index is 6.24. The summed E-state index contributed by atoms with van der Waals surface area (Å²) < 4.78 is 1.09. The van der Waals surface area contributed by atoms with Crippen LogP contribution in [-0.4, -0.2) is 42.6 Å². The van der Waals surface area contributed by atoms with Crippen LogP contribution in [0.3, 0.4) is 0 Å². The third kappa shape index (κ3) is 1.72. The smallest absolute Gasteiger partial charge is 0.196 e. The van der Waals surface area contributed by atoms with Gasteiger partial charge in [-0.3, -0.25) is 4.99 Å². The lowest BCUT2D eigenvalue weighted by Crippen LogP contribution is -2.60. The van der Waals surface area contributed by atoms with Gasteiger partial charge in [-0.2, -0.15) is 0 Å². The summed E-state index contributed by atoms with van der Waals surface area (Å²) in [6.07, 6.45) is 2.43. The Kier molecular flexibility index (Phi) is 2.82. The summed E-state index contributed by atoms with van der Waals surface area (Å²) in [6.45, 7) is 4.46. The molecule has 2 fully saturated rings. The normalized spacial score (nSPS) is 35.6. The minimum Gasteiger partial charge on any atom is -0.369 e. The van der Waals surface area contributed by atoms with E-state index in [-0.39, 0.29) is 5.54 Å². The first-order chi connectivity index (χ1) is 9.69. The van der Waals surface area contributed by atoms with Crippen LogP contribution in [0.1, 0.15) is 12.8 Å². The van der Waals surface area contributed by atoms with Gasteiger partial charge in [0.2, 0.25) is 0 Å². The molecule has 0 amide bonds. The van der Waals surface area contributed by atoms with Crippen molar-refractivity contribution in [1.29, 1.82) is 0 Å². The van der Waals surface area contributed by atoms with Gasteiger partial charge in [0.25, 0.3) is 0 Å². The highest BCUT2D eigenvalue weighted by Gasteiger charge is 2.53. The quantitative estimate of drug-likeness (QED) is 0.854. The number of nitrogens with two attached hydrogens (primary N) is 1. The van der Waals surface area contributed by atoms with E-state index >= 15 is 0 Å². The fourth-order valence-electron chi connectivity index (χ4n) is 4.12. The second-order valence-corrected chi connectivity index (χ2v) is 7.05. The number of aliphatic imine (C=N–C) groups is 1. The van der Waals surface area contributed by atoms with E-state index in [0.29, 0.717) is 11.9 Å². The van der Waals surface area contributed by atoms with Crippen molar-refractivity contribution in [3.63, 3.8) is 0 Å². The first-order valence-corrected chi connectivity index (χ1v) is 8.06. The Morgan fingerprint density at radius 2 is 2.25 bits per heavy atom. The van der Waals surface area contributed by atoms with Gasteiger partial charge in [-0.15, -0.1) is 0 Å². The summed E-state index contributed by atoms with van der Waals surface area (Å²) in [4.78, 5) is 9.49. The summed E-state index contributed by atoms with van der Waals surface area (Å²) in [5.41, 5.74) is 7.52. The third-order valence-corrected chi connectivity index (χ3v) is 5.64. The van der Waals surface area contributed by atoms with Crippen LogP contribution in [0.2, 0.25) is 0 Å². The van der Waals surface area contributed by atoms with Crippen LogP contribution in [0.25, 0.3) is 0 Å². The van der Waals surface area contributed by atoms with Crippen LogP contribution in [0.5, 0.6) is 0 Å². The average Bonchev–Trinajstić information content (AvgIpc) is 2.98. The highest BCUT2D eigenvalue weighted by Crippen LogP contribution is 2.44. The molecule has 3 heterocycles. The highest BCUT2D eigenvalue weighted by atomic mass is 79.9. The van der Waals surface area contributed by atoms with Crippen LogP contribution in [-0.2, 0) is 0 Å². The number of hydrogen-bond acceptors (Lipinski definition) is 4. The minimum atomic E-state index is 0.109.